The fraction of sp³-hybridized carbons (Fsp3) is 0.429. The molecule has 2 aromatic rings. The van der Waals surface area contributed by atoms with E-state index in [0.717, 1.165) is 34.8 Å². The smallest absolute Gasteiger partial charge is 0.344 e. The number of thioether (sulfide) groups is 1. The number of aromatic nitrogens is 3. The predicted molar refractivity (Wildman–Crippen MR) is 85.5 cm³/mol. The van der Waals surface area contributed by atoms with E-state index in [1.54, 1.807) is 16.3 Å². The Kier molecular flexibility index (Phi) is 4.82. The molecule has 1 unspecified atom stereocenters. The van der Waals surface area contributed by atoms with Crippen LogP contribution < -0.4 is 5.69 Å². The van der Waals surface area contributed by atoms with Crippen LogP contribution in [-0.2, 0) is 17.0 Å². The van der Waals surface area contributed by atoms with Crippen molar-refractivity contribution in [3.05, 3.63) is 44.8 Å². The van der Waals surface area contributed by atoms with Crippen LogP contribution in [0.25, 0.3) is 0 Å². The van der Waals surface area contributed by atoms with Gasteiger partial charge in [0.1, 0.15) is 0 Å². The molecule has 1 saturated heterocycles. The van der Waals surface area contributed by atoms with Crippen LogP contribution in [0.2, 0.25) is 0 Å². The highest BCUT2D eigenvalue weighted by Gasteiger charge is 2.19. The van der Waals surface area contributed by atoms with Crippen molar-refractivity contribution in [2.75, 3.05) is 6.61 Å². The molecule has 0 radical (unpaired) electrons. The molecule has 112 valence electrons. The summed E-state index contributed by atoms with van der Waals surface area (Å²) in [6.07, 6.45) is 2.21. The zero-order chi connectivity index (χ0) is 14.7. The van der Waals surface area contributed by atoms with Crippen molar-refractivity contribution < 1.29 is 4.74 Å². The summed E-state index contributed by atoms with van der Waals surface area (Å²) in [5.74, 6) is 0.781. The van der Waals surface area contributed by atoms with Gasteiger partial charge in [0.15, 0.2) is 5.16 Å². The predicted octanol–water partition coefficient (Wildman–Crippen LogP) is 2.81. The van der Waals surface area contributed by atoms with Crippen LogP contribution in [0, 0.1) is 0 Å². The van der Waals surface area contributed by atoms with Crippen molar-refractivity contribution in [3.8, 4) is 0 Å². The first-order valence-electron chi connectivity index (χ1n) is 6.86. The van der Waals surface area contributed by atoms with Crippen molar-refractivity contribution >= 4 is 27.7 Å². The highest BCUT2D eigenvalue weighted by Crippen LogP contribution is 2.22. The summed E-state index contributed by atoms with van der Waals surface area (Å²) < 4.78 is 8.34. The van der Waals surface area contributed by atoms with Gasteiger partial charge in [0.25, 0.3) is 0 Å². The molecule has 5 nitrogen and oxygen atoms in total. The van der Waals surface area contributed by atoms with E-state index in [4.69, 9.17) is 4.74 Å². The third-order valence-electron chi connectivity index (χ3n) is 3.41. The van der Waals surface area contributed by atoms with Gasteiger partial charge in [-0.1, -0.05) is 39.8 Å². The SMILES string of the molecule is O=c1[nH]nc(SCc2ccc(Br)cc2)n1CC1CCCO1. The van der Waals surface area contributed by atoms with E-state index in [-0.39, 0.29) is 11.8 Å². The molecule has 0 amide bonds. The van der Waals surface area contributed by atoms with Gasteiger partial charge in [0.05, 0.1) is 12.6 Å². The monoisotopic (exact) mass is 369 g/mol. The lowest BCUT2D eigenvalue weighted by Gasteiger charge is -2.11. The Morgan fingerprint density at radius 3 is 2.95 bits per heavy atom. The maximum Gasteiger partial charge on any atom is 0.344 e. The molecule has 0 bridgehead atoms. The van der Waals surface area contributed by atoms with Gasteiger partial charge in [0, 0.05) is 16.8 Å². The average Bonchev–Trinajstić information content (AvgIpc) is 3.11. The van der Waals surface area contributed by atoms with E-state index < -0.39 is 0 Å². The van der Waals surface area contributed by atoms with Crippen molar-refractivity contribution in [3.63, 3.8) is 0 Å². The first-order chi connectivity index (χ1) is 10.2. The van der Waals surface area contributed by atoms with Gasteiger partial charge in [-0.05, 0) is 30.5 Å². The quantitative estimate of drug-likeness (QED) is 0.823. The minimum atomic E-state index is -0.163. The fourth-order valence-corrected chi connectivity index (χ4v) is 3.47. The van der Waals surface area contributed by atoms with Crippen LogP contribution in [0.4, 0.5) is 0 Å². The summed E-state index contributed by atoms with van der Waals surface area (Å²) in [7, 11) is 0. The summed E-state index contributed by atoms with van der Waals surface area (Å²) in [5, 5.41) is 7.36. The fourth-order valence-electron chi connectivity index (χ4n) is 2.29. The number of hydrogen-bond donors (Lipinski definition) is 1. The normalized spacial score (nSPS) is 18.2. The molecular weight excluding hydrogens is 354 g/mol. The second-order valence-corrected chi connectivity index (χ2v) is 6.83. The molecule has 0 spiro atoms. The molecule has 1 aliphatic rings. The second kappa shape index (κ2) is 6.81. The van der Waals surface area contributed by atoms with Gasteiger partial charge >= 0.3 is 5.69 Å². The molecule has 1 aliphatic heterocycles. The van der Waals surface area contributed by atoms with E-state index in [1.165, 1.54) is 5.56 Å². The maximum atomic E-state index is 11.9. The average molecular weight is 370 g/mol. The first-order valence-corrected chi connectivity index (χ1v) is 8.64. The molecule has 1 fully saturated rings. The molecule has 3 rings (SSSR count). The van der Waals surface area contributed by atoms with E-state index in [2.05, 4.69) is 38.3 Å². The van der Waals surface area contributed by atoms with Crippen LogP contribution in [-0.4, -0.2) is 27.5 Å². The lowest BCUT2D eigenvalue weighted by atomic mass is 10.2. The Morgan fingerprint density at radius 1 is 1.43 bits per heavy atom. The van der Waals surface area contributed by atoms with Crippen LogP contribution in [0.3, 0.4) is 0 Å². The lowest BCUT2D eigenvalue weighted by Crippen LogP contribution is -2.24. The number of nitrogens with one attached hydrogen (secondary N) is 1. The number of halogens is 1. The minimum absolute atomic E-state index is 0.132. The molecule has 0 saturated carbocycles. The van der Waals surface area contributed by atoms with Crippen LogP contribution in [0.1, 0.15) is 18.4 Å². The van der Waals surface area contributed by atoms with Gasteiger partial charge in [-0.2, -0.15) is 0 Å². The summed E-state index contributed by atoms with van der Waals surface area (Å²) in [6, 6.07) is 8.15. The largest absolute Gasteiger partial charge is 0.376 e. The zero-order valence-corrected chi connectivity index (χ0v) is 13.8. The van der Waals surface area contributed by atoms with Gasteiger partial charge in [-0.25, -0.2) is 9.89 Å². The molecule has 21 heavy (non-hydrogen) atoms. The number of H-pyrrole nitrogens is 1. The van der Waals surface area contributed by atoms with Crippen molar-refractivity contribution in [2.24, 2.45) is 0 Å². The Balaban J connectivity index is 1.67. The first kappa shape index (κ1) is 14.9. The highest BCUT2D eigenvalue weighted by atomic mass is 79.9. The summed E-state index contributed by atoms with van der Waals surface area (Å²) >= 11 is 4.98. The number of aromatic amines is 1. The van der Waals surface area contributed by atoms with Crippen molar-refractivity contribution in [2.45, 2.75) is 36.4 Å². The molecule has 1 aromatic carbocycles. The third-order valence-corrected chi connectivity index (χ3v) is 4.99. The van der Waals surface area contributed by atoms with Crippen molar-refractivity contribution in [1.82, 2.24) is 14.8 Å². The number of benzene rings is 1. The number of nitrogens with zero attached hydrogens (tertiary/aromatic N) is 2. The molecule has 1 atom stereocenters. The molecule has 2 heterocycles. The van der Waals surface area contributed by atoms with E-state index >= 15 is 0 Å². The molecular formula is C14H16BrN3O2S. The van der Waals surface area contributed by atoms with Crippen LogP contribution in [0.5, 0.6) is 0 Å². The van der Waals surface area contributed by atoms with Crippen molar-refractivity contribution in [1.29, 1.82) is 0 Å². The second-order valence-electron chi connectivity index (χ2n) is 4.97. The Bertz CT molecular complexity index is 647. The summed E-state index contributed by atoms with van der Waals surface area (Å²) in [6.45, 7) is 1.37. The lowest BCUT2D eigenvalue weighted by molar-refractivity contribution is 0.0941. The minimum Gasteiger partial charge on any atom is -0.376 e. The Morgan fingerprint density at radius 2 is 2.24 bits per heavy atom. The molecule has 0 aliphatic carbocycles. The molecule has 7 heteroatoms. The van der Waals surface area contributed by atoms with Gasteiger partial charge in [-0.3, -0.25) is 4.57 Å². The zero-order valence-electron chi connectivity index (χ0n) is 11.4. The number of rotatable bonds is 5. The Hall–Kier alpha value is -1.05. The van der Waals surface area contributed by atoms with E-state index in [9.17, 15) is 4.79 Å². The van der Waals surface area contributed by atoms with Crippen LogP contribution >= 0.6 is 27.7 Å². The molecule has 1 N–H and O–H groups in total. The third kappa shape index (κ3) is 3.78. The number of ether oxygens (including phenoxy) is 1. The highest BCUT2D eigenvalue weighted by molar-refractivity contribution is 9.10. The topological polar surface area (TPSA) is 59.9 Å². The van der Waals surface area contributed by atoms with E-state index in [1.807, 2.05) is 12.1 Å². The van der Waals surface area contributed by atoms with E-state index in [0.29, 0.717) is 6.54 Å². The van der Waals surface area contributed by atoms with Gasteiger partial charge < -0.3 is 4.74 Å². The maximum absolute atomic E-state index is 11.9. The standard InChI is InChI=1S/C14H16BrN3O2S/c15-11-5-3-10(4-6-11)9-21-14-17-16-13(19)18(14)8-12-2-1-7-20-12/h3-6,12H,1-2,7-9H2,(H,16,19). The van der Waals surface area contributed by atoms with Gasteiger partial charge in [0.2, 0.25) is 0 Å². The number of hydrogen-bond acceptors (Lipinski definition) is 4. The molecule has 1 aromatic heterocycles. The Labute approximate surface area is 135 Å². The van der Waals surface area contributed by atoms with Crippen LogP contribution in [0.15, 0.2) is 38.7 Å². The summed E-state index contributed by atoms with van der Waals surface area (Å²) in [4.78, 5) is 11.9. The summed E-state index contributed by atoms with van der Waals surface area (Å²) in [5.41, 5.74) is 1.03. The van der Waals surface area contributed by atoms with Gasteiger partial charge in [-0.15, -0.1) is 5.10 Å².